The van der Waals surface area contributed by atoms with E-state index in [0.717, 1.165) is 10.4 Å². The first-order valence-corrected chi connectivity index (χ1v) is 7.58. The van der Waals surface area contributed by atoms with Gasteiger partial charge in [-0.2, -0.15) is 0 Å². The molecule has 2 heterocycles. The third kappa shape index (κ3) is 3.00. The topological polar surface area (TPSA) is 60.5 Å². The Morgan fingerprint density at radius 2 is 2.29 bits per heavy atom. The zero-order valence-electron chi connectivity index (χ0n) is 11.9. The Kier molecular flexibility index (Phi) is 3.79. The van der Waals surface area contributed by atoms with E-state index in [4.69, 9.17) is 9.47 Å². The maximum atomic E-state index is 12.1. The van der Waals surface area contributed by atoms with Gasteiger partial charge in [-0.05, 0) is 12.0 Å². The van der Waals surface area contributed by atoms with Gasteiger partial charge in [0.05, 0.1) is 6.42 Å². The van der Waals surface area contributed by atoms with E-state index < -0.39 is 0 Å². The van der Waals surface area contributed by atoms with Crippen molar-refractivity contribution >= 4 is 22.4 Å². The molecule has 3 rings (SSSR count). The van der Waals surface area contributed by atoms with Crippen molar-refractivity contribution in [1.29, 1.82) is 0 Å². The van der Waals surface area contributed by atoms with E-state index in [-0.39, 0.29) is 19.1 Å². The lowest BCUT2D eigenvalue weighted by Crippen LogP contribution is -2.14. The molecule has 0 spiro atoms. The molecule has 0 fully saturated rings. The van der Waals surface area contributed by atoms with Gasteiger partial charge in [0.2, 0.25) is 12.7 Å². The Bertz CT molecular complexity index is 667. The minimum absolute atomic E-state index is 0.108. The SMILES string of the molecule is CC(C)c1cnc(NC(=O)Cc2cccc3c2OCO3)s1. The fraction of sp³-hybridized carbons (Fsp3) is 0.333. The molecule has 5 nitrogen and oxygen atoms in total. The molecule has 1 aromatic heterocycles. The molecule has 0 bridgehead atoms. The molecule has 6 heteroatoms. The number of carbonyl (C=O) groups excluding carboxylic acids is 1. The van der Waals surface area contributed by atoms with Crippen molar-refractivity contribution in [2.75, 3.05) is 12.1 Å². The maximum absolute atomic E-state index is 12.1. The minimum atomic E-state index is -0.108. The monoisotopic (exact) mass is 304 g/mol. The Morgan fingerprint density at radius 1 is 1.43 bits per heavy atom. The first kappa shape index (κ1) is 13.9. The van der Waals surface area contributed by atoms with Gasteiger partial charge >= 0.3 is 0 Å². The molecule has 0 atom stereocenters. The molecule has 0 unspecified atom stereocenters. The first-order valence-electron chi connectivity index (χ1n) is 6.76. The maximum Gasteiger partial charge on any atom is 0.231 e. The van der Waals surface area contributed by atoms with Crippen LogP contribution in [0.4, 0.5) is 5.13 Å². The summed E-state index contributed by atoms with van der Waals surface area (Å²) in [5, 5.41) is 3.46. The molecule has 110 valence electrons. The number of hydrogen-bond acceptors (Lipinski definition) is 5. The van der Waals surface area contributed by atoms with E-state index in [1.807, 2.05) is 24.4 Å². The summed E-state index contributed by atoms with van der Waals surface area (Å²) in [4.78, 5) is 17.5. The van der Waals surface area contributed by atoms with Crippen LogP contribution >= 0.6 is 11.3 Å². The van der Waals surface area contributed by atoms with Gasteiger partial charge in [-0.15, -0.1) is 11.3 Å². The molecule has 0 saturated carbocycles. The summed E-state index contributed by atoms with van der Waals surface area (Å²) in [7, 11) is 0. The van der Waals surface area contributed by atoms with Gasteiger partial charge in [0.15, 0.2) is 16.6 Å². The number of aromatic nitrogens is 1. The van der Waals surface area contributed by atoms with Crippen LogP contribution in [-0.4, -0.2) is 17.7 Å². The molecule has 1 N–H and O–H groups in total. The highest BCUT2D eigenvalue weighted by atomic mass is 32.1. The number of fused-ring (bicyclic) bond motifs is 1. The molecule has 1 aliphatic heterocycles. The molecular weight excluding hydrogens is 288 g/mol. The van der Waals surface area contributed by atoms with E-state index in [1.54, 1.807) is 0 Å². The molecule has 0 saturated heterocycles. The van der Waals surface area contributed by atoms with Crippen LogP contribution in [0.5, 0.6) is 11.5 Å². The van der Waals surface area contributed by atoms with Crippen molar-refractivity contribution in [3.63, 3.8) is 0 Å². The normalized spacial score (nSPS) is 12.7. The van der Waals surface area contributed by atoms with Crippen LogP contribution in [0.15, 0.2) is 24.4 Å². The van der Waals surface area contributed by atoms with E-state index >= 15 is 0 Å². The number of nitrogens with one attached hydrogen (secondary N) is 1. The molecule has 0 aliphatic carbocycles. The Hall–Kier alpha value is -2.08. The average molecular weight is 304 g/mol. The summed E-state index contributed by atoms with van der Waals surface area (Å²) < 4.78 is 10.7. The number of para-hydroxylation sites is 1. The lowest BCUT2D eigenvalue weighted by Gasteiger charge is -2.05. The molecular formula is C15H16N2O3S. The van der Waals surface area contributed by atoms with Gasteiger partial charge in [-0.25, -0.2) is 4.98 Å². The van der Waals surface area contributed by atoms with Crippen molar-refractivity contribution in [2.45, 2.75) is 26.2 Å². The highest BCUT2D eigenvalue weighted by Crippen LogP contribution is 2.35. The van der Waals surface area contributed by atoms with Crippen LogP contribution in [0.3, 0.4) is 0 Å². The number of hydrogen-bond donors (Lipinski definition) is 1. The molecule has 1 amide bonds. The van der Waals surface area contributed by atoms with Crippen molar-refractivity contribution < 1.29 is 14.3 Å². The van der Waals surface area contributed by atoms with Crippen LogP contribution in [-0.2, 0) is 11.2 Å². The summed E-state index contributed by atoms with van der Waals surface area (Å²) in [6.07, 6.45) is 2.05. The van der Waals surface area contributed by atoms with E-state index in [1.165, 1.54) is 11.3 Å². The predicted molar refractivity (Wildman–Crippen MR) is 81.1 cm³/mol. The van der Waals surface area contributed by atoms with Gasteiger partial charge in [0, 0.05) is 16.6 Å². The van der Waals surface area contributed by atoms with Crippen LogP contribution in [0.25, 0.3) is 0 Å². The smallest absolute Gasteiger partial charge is 0.231 e. The number of anilines is 1. The summed E-state index contributed by atoms with van der Waals surface area (Å²) in [5.41, 5.74) is 0.822. The highest BCUT2D eigenvalue weighted by Gasteiger charge is 2.19. The highest BCUT2D eigenvalue weighted by molar-refractivity contribution is 7.15. The van der Waals surface area contributed by atoms with E-state index in [9.17, 15) is 4.79 Å². The standard InChI is InChI=1S/C15H16N2O3S/c1-9(2)12-7-16-15(21-12)17-13(18)6-10-4-3-5-11-14(10)20-8-19-11/h3-5,7,9H,6,8H2,1-2H3,(H,16,17,18). The van der Waals surface area contributed by atoms with Crippen LogP contribution in [0.1, 0.15) is 30.2 Å². The Morgan fingerprint density at radius 3 is 3.05 bits per heavy atom. The Labute approximate surface area is 126 Å². The molecule has 2 aromatic rings. The van der Waals surface area contributed by atoms with E-state index in [2.05, 4.69) is 24.1 Å². The van der Waals surface area contributed by atoms with Crippen molar-refractivity contribution in [3.05, 3.63) is 34.8 Å². The molecule has 1 aromatic carbocycles. The summed E-state index contributed by atoms with van der Waals surface area (Å²) in [6.45, 7) is 4.41. The molecule has 0 radical (unpaired) electrons. The predicted octanol–water partition coefficient (Wildman–Crippen LogP) is 3.18. The number of amides is 1. The fourth-order valence-electron chi connectivity index (χ4n) is 2.08. The van der Waals surface area contributed by atoms with Gasteiger partial charge in [-0.3, -0.25) is 4.79 Å². The zero-order valence-corrected chi connectivity index (χ0v) is 12.7. The summed E-state index contributed by atoms with van der Waals surface area (Å²) in [5.74, 6) is 1.66. The average Bonchev–Trinajstić information content (AvgIpc) is 3.07. The summed E-state index contributed by atoms with van der Waals surface area (Å²) in [6, 6.07) is 5.56. The van der Waals surface area contributed by atoms with Crippen molar-refractivity contribution in [1.82, 2.24) is 4.98 Å². The number of rotatable bonds is 4. The van der Waals surface area contributed by atoms with Crippen LogP contribution < -0.4 is 14.8 Å². The number of thiazole rings is 1. The molecule has 21 heavy (non-hydrogen) atoms. The second-order valence-corrected chi connectivity index (χ2v) is 6.16. The summed E-state index contributed by atoms with van der Waals surface area (Å²) >= 11 is 1.51. The Balaban J connectivity index is 1.68. The van der Waals surface area contributed by atoms with E-state index in [0.29, 0.717) is 22.5 Å². The quantitative estimate of drug-likeness (QED) is 0.942. The fourth-order valence-corrected chi connectivity index (χ4v) is 2.91. The van der Waals surface area contributed by atoms with Gasteiger partial charge in [-0.1, -0.05) is 26.0 Å². The lowest BCUT2D eigenvalue weighted by molar-refractivity contribution is -0.115. The van der Waals surface area contributed by atoms with Gasteiger partial charge in [0.25, 0.3) is 0 Å². The minimum Gasteiger partial charge on any atom is -0.454 e. The van der Waals surface area contributed by atoms with Crippen LogP contribution in [0.2, 0.25) is 0 Å². The second-order valence-electron chi connectivity index (χ2n) is 5.10. The number of carbonyl (C=O) groups is 1. The largest absolute Gasteiger partial charge is 0.454 e. The van der Waals surface area contributed by atoms with Crippen molar-refractivity contribution in [3.8, 4) is 11.5 Å². The lowest BCUT2D eigenvalue weighted by atomic mass is 10.1. The van der Waals surface area contributed by atoms with Gasteiger partial charge in [0.1, 0.15) is 0 Å². The number of ether oxygens (including phenoxy) is 2. The van der Waals surface area contributed by atoms with Gasteiger partial charge < -0.3 is 14.8 Å². The number of nitrogens with zero attached hydrogens (tertiary/aromatic N) is 1. The molecule has 1 aliphatic rings. The first-order chi connectivity index (χ1) is 10.1. The second kappa shape index (κ2) is 5.73. The third-order valence-corrected chi connectivity index (χ3v) is 4.38. The third-order valence-electron chi connectivity index (χ3n) is 3.17. The number of benzene rings is 1. The van der Waals surface area contributed by atoms with Crippen molar-refractivity contribution in [2.24, 2.45) is 0 Å². The van der Waals surface area contributed by atoms with Crippen LogP contribution in [0, 0.1) is 0 Å². The zero-order chi connectivity index (χ0) is 14.8.